The van der Waals surface area contributed by atoms with Gasteiger partial charge in [-0.25, -0.2) is 4.39 Å². The minimum Gasteiger partial charge on any atom is -0.325 e. The average Bonchev–Trinajstić information content (AvgIpc) is 2.26. The van der Waals surface area contributed by atoms with E-state index in [1.807, 2.05) is 6.07 Å². The van der Waals surface area contributed by atoms with Crippen LogP contribution < -0.4 is 5.32 Å². The molecule has 0 aliphatic rings. The van der Waals surface area contributed by atoms with Crippen molar-refractivity contribution in [2.45, 2.75) is 20.3 Å². The van der Waals surface area contributed by atoms with Gasteiger partial charge in [-0.15, -0.1) is 0 Å². The lowest BCUT2D eigenvalue weighted by atomic mass is 10.1. The highest BCUT2D eigenvalue weighted by Gasteiger charge is 2.16. The van der Waals surface area contributed by atoms with Gasteiger partial charge < -0.3 is 5.32 Å². The first-order valence-electron chi connectivity index (χ1n) is 5.05. The first kappa shape index (κ1) is 12.2. The van der Waals surface area contributed by atoms with Gasteiger partial charge in [0.15, 0.2) is 0 Å². The molecule has 1 N–H and O–H groups in total. The molecule has 0 spiro atoms. The molecular weight excluding hydrogens is 207 g/mol. The van der Waals surface area contributed by atoms with E-state index in [9.17, 15) is 9.18 Å². The smallest absolute Gasteiger partial charge is 0.241 e. The van der Waals surface area contributed by atoms with Gasteiger partial charge in [0.05, 0.1) is 6.07 Å². The van der Waals surface area contributed by atoms with Crippen LogP contribution in [0.4, 0.5) is 10.1 Å². The Morgan fingerprint density at radius 1 is 1.62 bits per heavy atom. The lowest BCUT2D eigenvalue weighted by Crippen LogP contribution is -2.21. The fourth-order valence-electron chi connectivity index (χ4n) is 1.30. The lowest BCUT2D eigenvalue weighted by molar-refractivity contribution is -0.118. The summed E-state index contributed by atoms with van der Waals surface area (Å²) in [6.45, 7) is 3.34. The predicted molar refractivity (Wildman–Crippen MR) is 59.2 cm³/mol. The van der Waals surface area contributed by atoms with Gasteiger partial charge in [-0.1, -0.05) is 13.0 Å². The van der Waals surface area contributed by atoms with Crippen molar-refractivity contribution >= 4 is 11.6 Å². The number of amides is 1. The van der Waals surface area contributed by atoms with E-state index in [2.05, 4.69) is 5.32 Å². The number of carbonyl (C=O) groups is 1. The summed E-state index contributed by atoms with van der Waals surface area (Å²) in [5, 5.41) is 11.3. The fraction of sp³-hybridized carbons (Fsp3) is 0.333. The van der Waals surface area contributed by atoms with Crippen LogP contribution in [0.5, 0.6) is 0 Å². The Labute approximate surface area is 93.9 Å². The van der Waals surface area contributed by atoms with Crippen LogP contribution in [-0.4, -0.2) is 5.91 Å². The van der Waals surface area contributed by atoms with Crippen LogP contribution in [0.15, 0.2) is 18.2 Å². The third kappa shape index (κ3) is 2.57. The molecule has 4 heteroatoms. The summed E-state index contributed by atoms with van der Waals surface area (Å²) in [5.74, 6) is -1.45. The Kier molecular flexibility index (Phi) is 4.01. The Morgan fingerprint density at radius 3 is 2.88 bits per heavy atom. The maximum atomic E-state index is 13.2. The monoisotopic (exact) mass is 220 g/mol. The van der Waals surface area contributed by atoms with Crippen LogP contribution >= 0.6 is 0 Å². The molecule has 0 saturated heterocycles. The van der Waals surface area contributed by atoms with E-state index in [0.29, 0.717) is 17.7 Å². The van der Waals surface area contributed by atoms with E-state index < -0.39 is 11.8 Å². The topological polar surface area (TPSA) is 52.9 Å². The highest BCUT2D eigenvalue weighted by Crippen LogP contribution is 2.18. The number of hydrogen-bond donors (Lipinski definition) is 1. The zero-order chi connectivity index (χ0) is 12.1. The molecule has 0 radical (unpaired) electrons. The summed E-state index contributed by atoms with van der Waals surface area (Å²) >= 11 is 0. The van der Waals surface area contributed by atoms with Crippen LogP contribution in [-0.2, 0) is 4.79 Å². The highest BCUT2D eigenvalue weighted by atomic mass is 19.1. The molecule has 1 aromatic rings. The van der Waals surface area contributed by atoms with Crippen LogP contribution in [0, 0.1) is 30.0 Å². The van der Waals surface area contributed by atoms with Crippen molar-refractivity contribution < 1.29 is 9.18 Å². The van der Waals surface area contributed by atoms with Crippen molar-refractivity contribution in [3.05, 3.63) is 29.6 Å². The molecule has 16 heavy (non-hydrogen) atoms. The fourth-order valence-corrected chi connectivity index (χ4v) is 1.30. The standard InChI is InChI=1S/C12H13FN2O/c1-3-9(7-14)12(16)15-11-6-4-5-10(13)8(11)2/h4-6,9H,3H2,1-2H3,(H,15,16). The summed E-state index contributed by atoms with van der Waals surface area (Å²) in [4.78, 5) is 11.6. The van der Waals surface area contributed by atoms with Crippen molar-refractivity contribution in [1.82, 2.24) is 0 Å². The Hall–Kier alpha value is -1.89. The highest BCUT2D eigenvalue weighted by molar-refractivity contribution is 5.94. The minimum absolute atomic E-state index is 0.372. The molecule has 0 saturated carbocycles. The molecule has 1 atom stereocenters. The van der Waals surface area contributed by atoms with Crippen LogP contribution in [0.2, 0.25) is 0 Å². The van der Waals surface area contributed by atoms with Gasteiger partial charge in [-0.05, 0) is 25.5 Å². The van der Waals surface area contributed by atoms with E-state index >= 15 is 0 Å². The molecule has 0 aliphatic heterocycles. The van der Waals surface area contributed by atoms with Crippen LogP contribution in [0.3, 0.4) is 0 Å². The Morgan fingerprint density at radius 2 is 2.31 bits per heavy atom. The number of hydrogen-bond acceptors (Lipinski definition) is 2. The Balaban J connectivity index is 2.86. The molecule has 0 bridgehead atoms. The molecule has 1 rings (SSSR count). The molecule has 84 valence electrons. The van der Waals surface area contributed by atoms with E-state index in [-0.39, 0.29) is 5.82 Å². The molecule has 0 aromatic heterocycles. The third-order valence-electron chi connectivity index (χ3n) is 2.41. The van der Waals surface area contributed by atoms with Crippen molar-refractivity contribution in [2.24, 2.45) is 5.92 Å². The first-order chi connectivity index (χ1) is 7.60. The molecule has 0 fully saturated rings. The number of benzene rings is 1. The summed E-state index contributed by atoms with van der Waals surface area (Å²) in [7, 11) is 0. The van der Waals surface area contributed by atoms with Gasteiger partial charge in [0.1, 0.15) is 11.7 Å². The predicted octanol–water partition coefficient (Wildman–Crippen LogP) is 2.62. The molecule has 0 aliphatic carbocycles. The summed E-state index contributed by atoms with van der Waals surface area (Å²) in [6, 6.07) is 6.36. The zero-order valence-electron chi connectivity index (χ0n) is 9.25. The van der Waals surface area contributed by atoms with Gasteiger partial charge in [0.25, 0.3) is 0 Å². The maximum Gasteiger partial charge on any atom is 0.241 e. The number of nitriles is 1. The van der Waals surface area contributed by atoms with E-state index in [0.717, 1.165) is 0 Å². The number of rotatable bonds is 3. The number of halogens is 1. The minimum atomic E-state index is -0.692. The normalized spacial score (nSPS) is 11.6. The molecule has 1 amide bonds. The third-order valence-corrected chi connectivity index (χ3v) is 2.41. The quantitative estimate of drug-likeness (QED) is 0.851. The number of nitrogens with one attached hydrogen (secondary N) is 1. The summed E-state index contributed by atoms with van der Waals surface area (Å²) in [6.07, 6.45) is 0.441. The molecule has 1 aromatic carbocycles. The summed E-state index contributed by atoms with van der Waals surface area (Å²) < 4.78 is 13.2. The number of anilines is 1. The molecule has 3 nitrogen and oxygen atoms in total. The van der Waals surface area contributed by atoms with Crippen LogP contribution in [0.1, 0.15) is 18.9 Å². The summed E-state index contributed by atoms with van der Waals surface area (Å²) in [5.41, 5.74) is 0.794. The van der Waals surface area contributed by atoms with Crippen molar-refractivity contribution in [2.75, 3.05) is 5.32 Å². The van der Waals surface area contributed by atoms with E-state index in [4.69, 9.17) is 5.26 Å². The second-order valence-electron chi connectivity index (χ2n) is 3.49. The van der Waals surface area contributed by atoms with E-state index in [1.54, 1.807) is 19.9 Å². The van der Waals surface area contributed by atoms with Gasteiger partial charge in [-0.3, -0.25) is 4.79 Å². The van der Waals surface area contributed by atoms with Gasteiger partial charge in [0, 0.05) is 11.3 Å². The number of nitrogens with zero attached hydrogens (tertiary/aromatic N) is 1. The lowest BCUT2D eigenvalue weighted by Gasteiger charge is -2.10. The molecule has 1 unspecified atom stereocenters. The van der Waals surface area contributed by atoms with Crippen molar-refractivity contribution in [3.63, 3.8) is 0 Å². The second kappa shape index (κ2) is 5.26. The zero-order valence-corrected chi connectivity index (χ0v) is 9.25. The average molecular weight is 220 g/mol. The van der Waals surface area contributed by atoms with E-state index in [1.165, 1.54) is 12.1 Å². The maximum absolute atomic E-state index is 13.2. The van der Waals surface area contributed by atoms with Gasteiger partial charge in [-0.2, -0.15) is 5.26 Å². The Bertz CT molecular complexity index is 437. The van der Waals surface area contributed by atoms with Crippen molar-refractivity contribution in [1.29, 1.82) is 5.26 Å². The molecule has 0 heterocycles. The van der Waals surface area contributed by atoms with Gasteiger partial charge in [0.2, 0.25) is 5.91 Å². The molecular formula is C12H13FN2O. The van der Waals surface area contributed by atoms with Gasteiger partial charge >= 0.3 is 0 Å². The SMILES string of the molecule is CCC(C#N)C(=O)Nc1cccc(F)c1C. The van der Waals surface area contributed by atoms with Crippen LogP contribution in [0.25, 0.3) is 0 Å². The largest absolute Gasteiger partial charge is 0.325 e. The first-order valence-corrected chi connectivity index (χ1v) is 5.05. The number of carbonyl (C=O) groups excluding carboxylic acids is 1. The second-order valence-corrected chi connectivity index (χ2v) is 3.49. The van der Waals surface area contributed by atoms with Crippen molar-refractivity contribution in [3.8, 4) is 6.07 Å².